The molecule has 0 atom stereocenters. The Balaban J connectivity index is 0.973. The van der Waals surface area contributed by atoms with Crippen LogP contribution >= 0.6 is 0 Å². The summed E-state index contributed by atoms with van der Waals surface area (Å²) in [4.78, 5) is 27.3. The summed E-state index contributed by atoms with van der Waals surface area (Å²) < 4.78 is 11.1. The average Bonchev–Trinajstić information content (AvgIpc) is 2.93. The van der Waals surface area contributed by atoms with Gasteiger partial charge in [-0.3, -0.25) is 14.5 Å². The second-order valence-corrected chi connectivity index (χ2v) is 11.9. The Bertz CT molecular complexity index is 1170. The minimum Gasteiger partial charge on any atom is -0.465 e. The van der Waals surface area contributed by atoms with Gasteiger partial charge in [0, 0.05) is 43.5 Å². The molecule has 4 saturated carbocycles. The van der Waals surface area contributed by atoms with Gasteiger partial charge in [0.25, 0.3) is 11.8 Å². The van der Waals surface area contributed by atoms with Crippen LogP contribution in [0.1, 0.15) is 54.4 Å². The van der Waals surface area contributed by atoms with E-state index < -0.39 is 0 Å². The topological polar surface area (TPSA) is 79.9 Å². The van der Waals surface area contributed by atoms with E-state index in [1.807, 2.05) is 12.1 Å². The van der Waals surface area contributed by atoms with Crippen molar-refractivity contribution < 1.29 is 19.1 Å². The third kappa shape index (κ3) is 6.20. The molecule has 0 unspecified atom stereocenters. The van der Waals surface area contributed by atoms with E-state index in [0.29, 0.717) is 23.2 Å². The summed E-state index contributed by atoms with van der Waals surface area (Å²) in [6.45, 7) is 4.62. The Morgan fingerprint density at radius 2 is 1.67 bits per heavy atom. The molecule has 5 aliphatic rings. The van der Waals surface area contributed by atoms with E-state index in [9.17, 15) is 9.59 Å². The van der Waals surface area contributed by atoms with Gasteiger partial charge in [-0.1, -0.05) is 18.2 Å². The van der Waals surface area contributed by atoms with Crippen molar-refractivity contribution in [1.82, 2.24) is 10.2 Å². The quantitative estimate of drug-likeness (QED) is 0.362. The highest BCUT2D eigenvalue weighted by Gasteiger charge is 2.51. The summed E-state index contributed by atoms with van der Waals surface area (Å²) >= 11 is 0. The number of carbonyl (C=O) groups excluding carboxylic acids is 2. The summed E-state index contributed by atoms with van der Waals surface area (Å²) in [5.74, 6) is 3.01. The van der Waals surface area contributed by atoms with E-state index in [1.54, 1.807) is 24.3 Å². The third-order valence-corrected chi connectivity index (χ3v) is 9.14. The van der Waals surface area contributed by atoms with E-state index in [-0.39, 0.29) is 11.8 Å². The van der Waals surface area contributed by atoms with Crippen LogP contribution < -0.4 is 15.4 Å². The maximum absolute atomic E-state index is 12.6. The van der Waals surface area contributed by atoms with Gasteiger partial charge in [0.1, 0.15) is 5.75 Å². The molecular weight excluding hydrogens is 490 g/mol. The van der Waals surface area contributed by atoms with E-state index in [0.717, 1.165) is 56.4 Å². The van der Waals surface area contributed by atoms with Gasteiger partial charge in [0.15, 0.2) is 0 Å². The lowest BCUT2D eigenvalue weighted by Gasteiger charge is -2.57. The molecule has 1 heterocycles. The van der Waals surface area contributed by atoms with Crippen LogP contribution in [0.2, 0.25) is 0 Å². The van der Waals surface area contributed by atoms with Gasteiger partial charge in [0.05, 0.1) is 19.5 Å². The molecule has 206 valence electrons. The van der Waals surface area contributed by atoms with Gasteiger partial charge >= 0.3 is 0 Å². The van der Waals surface area contributed by atoms with E-state index >= 15 is 0 Å². The first kappa shape index (κ1) is 26.1. The molecule has 2 aromatic carbocycles. The first-order chi connectivity index (χ1) is 19.0. The fourth-order valence-electron chi connectivity index (χ4n) is 7.70. The number of nitrogens with one attached hydrogen (secondary N) is 2. The second-order valence-electron chi connectivity index (χ2n) is 11.9. The van der Waals surface area contributed by atoms with Crippen LogP contribution in [-0.2, 0) is 14.9 Å². The number of nitrogens with zero attached hydrogens (tertiary/aromatic N) is 1. The number of ether oxygens (including phenoxy) is 2. The lowest BCUT2D eigenvalue weighted by atomic mass is 9.48. The fraction of sp³-hybridized carbons (Fsp3) is 0.500. The maximum atomic E-state index is 12.6. The molecule has 4 bridgehead atoms. The van der Waals surface area contributed by atoms with Gasteiger partial charge in [-0.15, -0.1) is 0 Å². The first-order valence-electron chi connectivity index (χ1n) is 14.5. The number of amides is 2. The van der Waals surface area contributed by atoms with Crippen LogP contribution in [0.4, 0.5) is 5.69 Å². The summed E-state index contributed by atoms with van der Waals surface area (Å²) in [7, 11) is 0. The molecule has 7 nitrogen and oxygen atoms in total. The highest BCUT2D eigenvalue weighted by atomic mass is 16.5. The van der Waals surface area contributed by atoms with Crippen LogP contribution in [0, 0.1) is 17.8 Å². The second kappa shape index (κ2) is 11.5. The van der Waals surface area contributed by atoms with Crippen LogP contribution in [0.25, 0.3) is 0 Å². The molecule has 1 aliphatic heterocycles. The minimum atomic E-state index is -0.315. The molecule has 1 saturated heterocycles. The lowest BCUT2D eigenvalue weighted by molar-refractivity contribution is -0.112. The molecule has 2 amide bonds. The number of hydrogen-bond acceptors (Lipinski definition) is 5. The smallest absolute Gasteiger partial charge is 0.251 e. The zero-order valence-electron chi connectivity index (χ0n) is 22.6. The summed E-state index contributed by atoms with van der Waals surface area (Å²) in [6.07, 6.45) is 11.1. The number of benzene rings is 2. The molecule has 0 aromatic heterocycles. The number of rotatable bonds is 9. The Morgan fingerprint density at radius 3 is 2.36 bits per heavy atom. The van der Waals surface area contributed by atoms with Gasteiger partial charge < -0.3 is 20.1 Å². The number of hydrogen-bond donors (Lipinski definition) is 2. The molecule has 5 fully saturated rings. The molecule has 7 heteroatoms. The molecule has 39 heavy (non-hydrogen) atoms. The SMILES string of the molecule is O=C(/C=C/Oc1ccc(C23CC4CC(CC(C4)C2)C3)cc1)Nc1cccc(C(=O)NCCN2CCOCC2)c1. The number of carbonyl (C=O) groups is 2. The van der Waals surface area contributed by atoms with E-state index in [2.05, 4.69) is 27.7 Å². The Kier molecular flexibility index (Phi) is 7.71. The highest BCUT2D eigenvalue weighted by molar-refractivity contribution is 6.01. The maximum Gasteiger partial charge on any atom is 0.251 e. The zero-order chi connectivity index (χ0) is 26.7. The monoisotopic (exact) mass is 529 g/mol. The van der Waals surface area contributed by atoms with E-state index in [1.165, 1.54) is 56.4 Å². The summed E-state index contributed by atoms with van der Waals surface area (Å²) in [6, 6.07) is 15.5. The summed E-state index contributed by atoms with van der Waals surface area (Å²) in [5.41, 5.74) is 2.90. The van der Waals surface area contributed by atoms with Gasteiger partial charge in [-0.25, -0.2) is 0 Å². The fourth-order valence-corrected chi connectivity index (χ4v) is 7.70. The third-order valence-electron chi connectivity index (χ3n) is 9.14. The predicted octanol–water partition coefficient (Wildman–Crippen LogP) is 4.75. The molecule has 0 radical (unpaired) electrons. The van der Waals surface area contributed by atoms with Crippen molar-refractivity contribution in [3.05, 3.63) is 72.0 Å². The molecular formula is C32H39N3O4. The number of anilines is 1. The van der Waals surface area contributed by atoms with Gasteiger partial charge in [-0.05, 0) is 97.6 Å². The van der Waals surface area contributed by atoms with Crippen molar-refractivity contribution in [2.24, 2.45) is 17.8 Å². The Morgan fingerprint density at radius 1 is 0.974 bits per heavy atom. The highest BCUT2D eigenvalue weighted by Crippen LogP contribution is 2.60. The predicted molar refractivity (Wildman–Crippen MR) is 151 cm³/mol. The van der Waals surface area contributed by atoms with Crippen LogP contribution in [0.5, 0.6) is 5.75 Å². The standard InChI is InChI=1S/C32H39N3O4/c36-30(34-28-3-1-2-26(19-28)31(37)33-9-10-35-11-14-38-15-12-35)8-13-39-29-6-4-27(5-7-29)32-20-23-16-24(21-32)18-25(17-23)22-32/h1-8,13,19,23-25H,9-12,14-18,20-22H2,(H,33,37)(H,34,36)/b13-8+. The van der Waals surface area contributed by atoms with Crippen LogP contribution in [-0.4, -0.2) is 56.1 Å². The zero-order valence-corrected chi connectivity index (χ0v) is 22.6. The van der Waals surface area contributed by atoms with Crippen molar-refractivity contribution in [3.8, 4) is 5.75 Å². The van der Waals surface area contributed by atoms with Crippen molar-refractivity contribution in [3.63, 3.8) is 0 Å². The molecule has 2 N–H and O–H groups in total. The normalized spacial score (nSPS) is 27.9. The summed E-state index contributed by atoms with van der Waals surface area (Å²) in [5, 5.41) is 5.76. The van der Waals surface area contributed by atoms with Crippen molar-refractivity contribution in [2.45, 2.75) is 43.9 Å². The Labute approximate surface area is 230 Å². The van der Waals surface area contributed by atoms with Gasteiger partial charge in [-0.2, -0.15) is 0 Å². The van der Waals surface area contributed by atoms with Crippen molar-refractivity contribution in [1.29, 1.82) is 0 Å². The van der Waals surface area contributed by atoms with Crippen LogP contribution in [0.3, 0.4) is 0 Å². The average molecular weight is 530 g/mol. The largest absolute Gasteiger partial charge is 0.465 e. The molecule has 4 aliphatic carbocycles. The molecule has 7 rings (SSSR count). The minimum absolute atomic E-state index is 0.157. The first-order valence-corrected chi connectivity index (χ1v) is 14.5. The molecule has 2 aromatic rings. The lowest BCUT2D eigenvalue weighted by Crippen LogP contribution is -2.48. The van der Waals surface area contributed by atoms with Crippen LogP contribution in [0.15, 0.2) is 60.9 Å². The van der Waals surface area contributed by atoms with Crippen molar-refractivity contribution in [2.75, 3.05) is 44.7 Å². The van der Waals surface area contributed by atoms with E-state index in [4.69, 9.17) is 9.47 Å². The van der Waals surface area contributed by atoms with Gasteiger partial charge in [0.2, 0.25) is 0 Å². The Hall–Kier alpha value is -3.16. The number of morpholine rings is 1. The van der Waals surface area contributed by atoms with Crippen molar-refractivity contribution >= 4 is 17.5 Å². The molecule has 0 spiro atoms.